The fourth-order valence-corrected chi connectivity index (χ4v) is 11.4. The number of hydrogen-bond acceptors (Lipinski definition) is 3. The van der Waals surface area contributed by atoms with Crippen molar-refractivity contribution in [1.82, 2.24) is 0 Å². The zero-order valence-electron chi connectivity index (χ0n) is 33.4. The molecule has 282 valence electrons. The Morgan fingerprint density at radius 1 is 0.796 bits per heavy atom. The van der Waals surface area contributed by atoms with E-state index in [9.17, 15) is 4.79 Å². The lowest BCUT2D eigenvalue weighted by atomic mass is 9.47. The first-order valence-corrected chi connectivity index (χ1v) is 21.9. The number of fused-ring (bicyclic) bond motifs is 5. The zero-order chi connectivity index (χ0) is 35.1. The molecule has 0 aliphatic heterocycles. The van der Waals surface area contributed by atoms with Crippen LogP contribution in [0.2, 0.25) is 0 Å². The normalized spacial score (nSPS) is 31.7. The van der Waals surface area contributed by atoms with E-state index in [1.807, 2.05) is 0 Å². The van der Waals surface area contributed by atoms with Gasteiger partial charge in [-0.2, -0.15) is 0 Å². The van der Waals surface area contributed by atoms with Crippen LogP contribution in [0, 0.1) is 46.3 Å². The molecule has 0 aromatic carbocycles. The number of carbonyl (C=O) groups excluding carboxylic acids is 1. The Morgan fingerprint density at radius 2 is 1.47 bits per heavy atom. The summed E-state index contributed by atoms with van der Waals surface area (Å²) in [6.45, 7) is 15.4. The van der Waals surface area contributed by atoms with Crippen LogP contribution in [0.3, 0.4) is 0 Å². The van der Waals surface area contributed by atoms with Crippen LogP contribution in [0.25, 0.3) is 0 Å². The van der Waals surface area contributed by atoms with Gasteiger partial charge in [0.05, 0.1) is 6.61 Å². The van der Waals surface area contributed by atoms with Crippen LogP contribution in [0.4, 0.5) is 4.79 Å². The summed E-state index contributed by atoms with van der Waals surface area (Å²) in [4.78, 5) is 12.6. The van der Waals surface area contributed by atoms with E-state index < -0.39 is 6.16 Å². The van der Waals surface area contributed by atoms with Crippen molar-refractivity contribution in [1.29, 1.82) is 0 Å². The zero-order valence-corrected chi connectivity index (χ0v) is 33.4. The summed E-state index contributed by atoms with van der Waals surface area (Å²) in [5.74, 6) is 5.15. The average molecular weight is 681 g/mol. The molecule has 0 amide bonds. The minimum Gasteiger partial charge on any atom is -0.434 e. The first kappa shape index (κ1) is 40.5. The molecule has 3 heteroatoms. The highest BCUT2D eigenvalue weighted by Gasteiger charge is 2.59. The Hall–Kier alpha value is -1.25. The molecule has 0 heterocycles. The van der Waals surface area contributed by atoms with Gasteiger partial charge in [0.2, 0.25) is 0 Å². The van der Waals surface area contributed by atoms with Crippen LogP contribution < -0.4 is 0 Å². The molecular weight excluding hydrogens is 601 g/mol. The molecule has 3 saturated carbocycles. The van der Waals surface area contributed by atoms with Gasteiger partial charge in [-0.15, -0.1) is 0 Å². The van der Waals surface area contributed by atoms with Crippen molar-refractivity contribution in [2.45, 2.75) is 208 Å². The second-order valence-corrected chi connectivity index (χ2v) is 18.3. The Labute approximate surface area is 304 Å². The number of rotatable bonds is 22. The summed E-state index contributed by atoms with van der Waals surface area (Å²) in [5, 5.41) is 0. The lowest BCUT2D eigenvalue weighted by Gasteiger charge is -2.58. The summed E-state index contributed by atoms with van der Waals surface area (Å²) < 4.78 is 11.5. The van der Waals surface area contributed by atoms with Crippen LogP contribution in [-0.2, 0) is 9.47 Å². The van der Waals surface area contributed by atoms with Gasteiger partial charge < -0.3 is 9.47 Å². The van der Waals surface area contributed by atoms with E-state index in [1.165, 1.54) is 128 Å². The van der Waals surface area contributed by atoms with Crippen molar-refractivity contribution >= 4 is 6.16 Å². The lowest BCUT2D eigenvalue weighted by Crippen LogP contribution is -2.51. The molecule has 49 heavy (non-hydrogen) atoms. The molecule has 0 aromatic heterocycles. The van der Waals surface area contributed by atoms with E-state index in [2.05, 4.69) is 59.8 Å². The Morgan fingerprint density at radius 3 is 2.16 bits per heavy atom. The van der Waals surface area contributed by atoms with Crippen molar-refractivity contribution in [3.05, 3.63) is 23.8 Å². The molecule has 0 spiro atoms. The number of allylic oxidation sites excluding steroid dienone is 3. The Kier molecular flexibility index (Phi) is 17.1. The largest absolute Gasteiger partial charge is 0.508 e. The van der Waals surface area contributed by atoms with Crippen LogP contribution in [-0.4, -0.2) is 18.9 Å². The van der Waals surface area contributed by atoms with Gasteiger partial charge in [0.15, 0.2) is 0 Å². The second kappa shape index (κ2) is 20.7. The van der Waals surface area contributed by atoms with Crippen molar-refractivity contribution in [2.75, 3.05) is 6.61 Å². The van der Waals surface area contributed by atoms with Crippen LogP contribution in [0.15, 0.2) is 23.8 Å². The summed E-state index contributed by atoms with van der Waals surface area (Å²) in [6.07, 6.45) is 39.2. The first-order chi connectivity index (χ1) is 23.7. The monoisotopic (exact) mass is 681 g/mol. The lowest BCUT2D eigenvalue weighted by molar-refractivity contribution is -0.0617. The molecule has 0 bridgehead atoms. The van der Waals surface area contributed by atoms with Gasteiger partial charge in [0.25, 0.3) is 0 Å². The molecular formula is C46H80O3. The van der Waals surface area contributed by atoms with Gasteiger partial charge in [-0.3, -0.25) is 0 Å². The maximum atomic E-state index is 12.6. The third kappa shape index (κ3) is 11.6. The molecule has 8 atom stereocenters. The summed E-state index contributed by atoms with van der Waals surface area (Å²) in [6, 6.07) is 0. The number of ether oxygens (including phenoxy) is 2. The van der Waals surface area contributed by atoms with Crippen LogP contribution >= 0.6 is 0 Å². The highest BCUT2D eigenvalue weighted by molar-refractivity contribution is 5.60. The van der Waals surface area contributed by atoms with Gasteiger partial charge >= 0.3 is 6.16 Å². The third-order valence-corrected chi connectivity index (χ3v) is 14.4. The van der Waals surface area contributed by atoms with Gasteiger partial charge in [-0.1, -0.05) is 142 Å². The Bertz CT molecular complexity index is 1010. The maximum Gasteiger partial charge on any atom is 0.508 e. The van der Waals surface area contributed by atoms with E-state index >= 15 is 0 Å². The van der Waals surface area contributed by atoms with E-state index in [4.69, 9.17) is 9.47 Å². The van der Waals surface area contributed by atoms with Gasteiger partial charge in [0, 0.05) is 6.42 Å². The van der Waals surface area contributed by atoms with Gasteiger partial charge in [0.1, 0.15) is 6.10 Å². The molecule has 0 radical (unpaired) electrons. The van der Waals surface area contributed by atoms with E-state index in [0.29, 0.717) is 17.4 Å². The highest BCUT2D eigenvalue weighted by Crippen LogP contribution is 2.67. The fraction of sp³-hybridized carbons (Fsp3) is 0.891. The SMILES string of the molecule is CCCCCCCCC=CCCCCCCCCOC(=O)O[C@H]1CC[C@@]2(C)C(=CC[C@H]3[C@@H]4CC[C@H]([C@H](C)CCCC(C)C)[C@@]4(C)CC[C@@H]32)C1. The summed E-state index contributed by atoms with van der Waals surface area (Å²) in [5.41, 5.74) is 2.42. The van der Waals surface area contributed by atoms with Crippen LogP contribution in [0.5, 0.6) is 0 Å². The quantitative estimate of drug-likeness (QED) is 0.0648. The number of carbonyl (C=O) groups is 1. The standard InChI is InChI=1S/C46H80O3/c1-7-8-9-10-11-12-13-14-15-16-17-18-19-20-21-22-34-48-44(47)49-39-30-32-45(5)38(35-39)26-27-40-42-29-28-41(37(4)25-23-24-36(2)3)46(42,6)33-31-43(40)45/h14-15,26,36-37,39-43H,7-13,16-25,27-35H2,1-6H3/t37-,39+,40+,41-,42+,43+,45+,46-/m1/s1. The maximum absolute atomic E-state index is 12.6. The molecule has 4 aliphatic rings. The molecule has 0 unspecified atom stereocenters. The molecule has 3 fully saturated rings. The number of unbranched alkanes of at least 4 members (excludes halogenated alkanes) is 12. The topological polar surface area (TPSA) is 35.5 Å². The fourth-order valence-electron chi connectivity index (χ4n) is 11.4. The molecule has 0 aromatic rings. The molecule has 4 rings (SSSR count). The average Bonchev–Trinajstić information content (AvgIpc) is 3.43. The van der Waals surface area contributed by atoms with Crippen molar-refractivity contribution in [2.24, 2.45) is 46.3 Å². The smallest absolute Gasteiger partial charge is 0.434 e. The molecule has 0 N–H and O–H groups in total. The van der Waals surface area contributed by atoms with Crippen molar-refractivity contribution in [3.8, 4) is 0 Å². The van der Waals surface area contributed by atoms with Crippen LogP contribution in [0.1, 0.15) is 202 Å². The minimum atomic E-state index is -0.441. The third-order valence-electron chi connectivity index (χ3n) is 14.4. The van der Waals surface area contributed by atoms with Crippen molar-refractivity contribution in [3.63, 3.8) is 0 Å². The second-order valence-electron chi connectivity index (χ2n) is 18.3. The molecule has 0 saturated heterocycles. The Balaban J connectivity index is 1.08. The predicted octanol–water partition coefficient (Wildman–Crippen LogP) is 14.6. The highest BCUT2D eigenvalue weighted by atomic mass is 16.7. The van der Waals surface area contributed by atoms with E-state index in [1.54, 1.807) is 5.57 Å². The molecule has 3 nitrogen and oxygen atoms in total. The minimum absolute atomic E-state index is 0.0142. The summed E-state index contributed by atoms with van der Waals surface area (Å²) in [7, 11) is 0. The van der Waals surface area contributed by atoms with Crippen molar-refractivity contribution < 1.29 is 14.3 Å². The predicted molar refractivity (Wildman–Crippen MR) is 209 cm³/mol. The first-order valence-electron chi connectivity index (χ1n) is 21.9. The van der Waals surface area contributed by atoms with Gasteiger partial charge in [-0.05, 0) is 123 Å². The van der Waals surface area contributed by atoms with Gasteiger partial charge in [-0.25, -0.2) is 4.79 Å². The van der Waals surface area contributed by atoms with E-state index in [0.717, 1.165) is 67.6 Å². The number of hydrogen-bond donors (Lipinski definition) is 0. The summed E-state index contributed by atoms with van der Waals surface area (Å²) >= 11 is 0. The van der Waals surface area contributed by atoms with E-state index in [-0.39, 0.29) is 6.10 Å². The molecule has 4 aliphatic carbocycles.